The number of carbonyl (C=O) groups excluding carboxylic acids is 4. The van der Waals surface area contributed by atoms with Gasteiger partial charge in [-0.1, -0.05) is 72.6 Å². The minimum atomic E-state index is -0.730. The fourth-order valence-corrected chi connectivity index (χ4v) is 6.65. The third kappa shape index (κ3) is 21.6. The molecule has 2 rings (SSSR count). The van der Waals surface area contributed by atoms with E-state index in [-0.39, 0.29) is 35.0 Å². The normalized spacial score (nSPS) is 17.3. The summed E-state index contributed by atoms with van der Waals surface area (Å²) in [6, 6.07) is 8.08. The van der Waals surface area contributed by atoms with E-state index in [1.54, 1.807) is 24.3 Å². The van der Waals surface area contributed by atoms with Crippen LogP contribution in [0, 0.1) is 10.8 Å². The third-order valence-corrected chi connectivity index (χ3v) is 9.08. The highest BCUT2D eigenvalue weighted by molar-refractivity contribution is 5.96. The van der Waals surface area contributed by atoms with Crippen molar-refractivity contribution in [2.24, 2.45) is 10.8 Å². The first-order chi connectivity index (χ1) is 24.7. The summed E-state index contributed by atoms with van der Waals surface area (Å²) in [5.74, 6) is -0.756. The van der Waals surface area contributed by atoms with Gasteiger partial charge in [-0.25, -0.2) is 4.79 Å². The molecule has 1 fully saturated rings. The second kappa shape index (κ2) is 22.5. The summed E-state index contributed by atoms with van der Waals surface area (Å²) in [5, 5.41) is 2.79. The lowest BCUT2D eigenvalue weighted by Gasteiger charge is -2.37. The van der Waals surface area contributed by atoms with Crippen molar-refractivity contribution in [3.63, 3.8) is 0 Å². The van der Waals surface area contributed by atoms with Gasteiger partial charge in [-0.3, -0.25) is 19.3 Å². The second-order valence-corrected chi connectivity index (χ2v) is 18.2. The van der Waals surface area contributed by atoms with Crippen molar-refractivity contribution >= 4 is 23.6 Å². The molecule has 1 aliphatic rings. The Kier molecular flexibility index (Phi) is 19.7. The van der Waals surface area contributed by atoms with Crippen molar-refractivity contribution in [1.29, 1.82) is 0 Å². The number of ether oxygens (including phenoxy) is 2. The third-order valence-electron chi connectivity index (χ3n) is 9.08. The van der Waals surface area contributed by atoms with Crippen LogP contribution in [0.4, 0.5) is 0 Å². The molecule has 1 atom stereocenters. The van der Waals surface area contributed by atoms with E-state index in [1.807, 2.05) is 26.8 Å². The van der Waals surface area contributed by atoms with Crippen molar-refractivity contribution in [3.05, 3.63) is 35.9 Å². The van der Waals surface area contributed by atoms with Gasteiger partial charge in [0.05, 0.1) is 13.7 Å². The molecule has 1 saturated heterocycles. The Hall–Kier alpha value is -2.86. The van der Waals surface area contributed by atoms with E-state index < -0.39 is 17.6 Å². The summed E-state index contributed by atoms with van der Waals surface area (Å²) in [6.45, 7) is 29.2. The van der Waals surface area contributed by atoms with E-state index in [0.29, 0.717) is 37.8 Å². The molecular formula is C42H73N5O6. The fourth-order valence-electron chi connectivity index (χ4n) is 6.65. The van der Waals surface area contributed by atoms with Gasteiger partial charge < -0.3 is 29.5 Å². The maximum Gasteiger partial charge on any atom is 0.328 e. The SMILES string of the molecule is COC(=O)C(CCCCCC(=O)CCN1CCN(CC(=O)OC(C)(C)C)CCN(CC(C)(C)C)CCN(CC(C)(C)C)CC1)NC(=O)c1ccccc1. The largest absolute Gasteiger partial charge is 0.467 e. The van der Waals surface area contributed by atoms with Crippen LogP contribution in [-0.2, 0) is 23.9 Å². The van der Waals surface area contributed by atoms with Gasteiger partial charge >= 0.3 is 11.9 Å². The predicted octanol–water partition coefficient (Wildman–Crippen LogP) is 5.52. The van der Waals surface area contributed by atoms with Crippen molar-refractivity contribution in [3.8, 4) is 0 Å². The summed E-state index contributed by atoms with van der Waals surface area (Å²) in [5.41, 5.74) is 0.286. The number of hydrogen-bond acceptors (Lipinski definition) is 10. The first kappa shape index (κ1) is 46.3. The standard InChI is InChI=1S/C42H73N5O6/c1-40(2,3)32-46-27-24-44(23-25-45(31-37(49)53-42(7,8)9)26-28-47(30-29-46)33-41(4,5)6)22-21-35(48)19-15-12-16-20-36(39(51)52-10)43-38(50)34-17-13-11-14-18-34/h11,13-14,17-18,36H,12,15-16,19-33H2,1-10H3,(H,43,50). The molecule has 11 nitrogen and oxygen atoms in total. The number of esters is 2. The highest BCUT2D eigenvalue weighted by atomic mass is 16.6. The van der Waals surface area contributed by atoms with E-state index >= 15 is 0 Å². The Labute approximate surface area is 321 Å². The highest BCUT2D eigenvalue weighted by Gasteiger charge is 2.25. The highest BCUT2D eigenvalue weighted by Crippen LogP contribution is 2.18. The molecule has 0 radical (unpaired) electrons. The minimum absolute atomic E-state index is 0.164. The lowest BCUT2D eigenvalue weighted by molar-refractivity contribution is -0.156. The van der Waals surface area contributed by atoms with E-state index in [1.165, 1.54) is 7.11 Å². The Morgan fingerprint density at radius 3 is 1.68 bits per heavy atom. The van der Waals surface area contributed by atoms with Crippen LogP contribution in [-0.4, -0.2) is 141 Å². The topological polar surface area (TPSA) is 112 Å². The van der Waals surface area contributed by atoms with Crippen LogP contribution >= 0.6 is 0 Å². The number of ketones is 1. The molecule has 302 valence electrons. The Bertz CT molecular complexity index is 1250. The van der Waals surface area contributed by atoms with E-state index in [0.717, 1.165) is 78.3 Å². The van der Waals surface area contributed by atoms with Crippen LogP contribution in [0.15, 0.2) is 30.3 Å². The number of unbranched alkanes of at least 4 members (excludes halogenated alkanes) is 2. The van der Waals surface area contributed by atoms with Gasteiger partial charge in [0.1, 0.15) is 17.4 Å². The second-order valence-electron chi connectivity index (χ2n) is 18.2. The van der Waals surface area contributed by atoms with E-state index in [2.05, 4.69) is 66.5 Å². The summed E-state index contributed by atoms with van der Waals surface area (Å²) in [6.07, 6.45) is 3.61. The van der Waals surface area contributed by atoms with Gasteiger partial charge in [-0.15, -0.1) is 0 Å². The number of hydrogen-bond donors (Lipinski definition) is 1. The van der Waals surface area contributed by atoms with Crippen LogP contribution in [0.1, 0.15) is 111 Å². The molecule has 11 heteroatoms. The zero-order valence-corrected chi connectivity index (χ0v) is 34.9. The van der Waals surface area contributed by atoms with Crippen LogP contribution < -0.4 is 5.32 Å². The van der Waals surface area contributed by atoms with Crippen LogP contribution in [0.25, 0.3) is 0 Å². The van der Waals surface area contributed by atoms with Gasteiger partial charge in [-0.2, -0.15) is 0 Å². The van der Waals surface area contributed by atoms with Gasteiger partial charge in [0, 0.05) is 90.4 Å². The maximum absolute atomic E-state index is 13.1. The molecule has 1 unspecified atom stereocenters. The van der Waals surface area contributed by atoms with Crippen LogP contribution in [0.5, 0.6) is 0 Å². The van der Waals surface area contributed by atoms with E-state index in [9.17, 15) is 19.2 Å². The van der Waals surface area contributed by atoms with Crippen molar-refractivity contribution in [2.45, 2.75) is 112 Å². The number of nitrogens with zero attached hydrogens (tertiary/aromatic N) is 4. The molecular weight excluding hydrogens is 670 g/mol. The van der Waals surface area contributed by atoms with Gasteiger partial charge in [0.2, 0.25) is 0 Å². The average Bonchev–Trinajstić information content (AvgIpc) is 3.05. The Morgan fingerprint density at radius 2 is 1.19 bits per heavy atom. The molecule has 1 aromatic carbocycles. The van der Waals surface area contributed by atoms with Crippen LogP contribution in [0.3, 0.4) is 0 Å². The smallest absolute Gasteiger partial charge is 0.328 e. The molecule has 0 saturated carbocycles. The fraction of sp³-hybridized carbons (Fsp3) is 0.762. The molecule has 1 heterocycles. The number of nitrogens with one attached hydrogen (secondary N) is 1. The Morgan fingerprint density at radius 1 is 0.679 bits per heavy atom. The number of Topliss-reactive ketones (excluding diaryl/α,β-unsaturated/α-hetero) is 1. The molecule has 1 aliphatic heterocycles. The Balaban J connectivity index is 2.00. The predicted molar refractivity (Wildman–Crippen MR) is 213 cm³/mol. The monoisotopic (exact) mass is 744 g/mol. The van der Waals surface area contributed by atoms with Crippen LogP contribution in [0.2, 0.25) is 0 Å². The number of methoxy groups -OCH3 is 1. The van der Waals surface area contributed by atoms with Gasteiger partial charge in [-0.05, 0) is 56.6 Å². The van der Waals surface area contributed by atoms with Crippen molar-refractivity contribution in [1.82, 2.24) is 24.9 Å². The first-order valence-electron chi connectivity index (χ1n) is 19.8. The lowest BCUT2D eigenvalue weighted by Crippen LogP contribution is -2.49. The summed E-state index contributed by atoms with van der Waals surface area (Å²) in [7, 11) is 1.32. The summed E-state index contributed by atoms with van der Waals surface area (Å²) >= 11 is 0. The molecule has 53 heavy (non-hydrogen) atoms. The quantitative estimate of drug-likeness (QED) is 0.172. The van der Waals surface area contributed by atoms with Gasteiger partial charge in [0.25, 0.3) is 5.91 Å². The zero-order valence-electron chi connectivity index (χ0n) is 34.9. The number of carbonyl (C=O) groups is 4. The molecule has 1 aromatic rings. The molecule has 0 bridgehead atoms. The molecule has 0 aliphatic carbocycles. The zero-order chi connectivity index (χ0) is 39.7. The first-order valence-corrected chi connectivity index (χ1v) is 19.8. The maximum atomic E-state index is 13.1. The minimum Gasteiger partial charge on any atom is -0.467 e. The van der Waals surface area contributed by atoms with Crippen molar-refractivity contribution < 1.29 is 28.7 Å². The lowest BCUT2D eigenvalue weighted by atomic mass is 9.95. The number of amides is 1. The molecule has 0 aromatic heterocycles. The summed E-state index contributed by atoms with van der Waals surface area (Å²) in [4.78, 5) is 60.8. The van der Waals surface area contributed by atoms with Gasteiger partial charge in [0.15, 0.2) is 0 Å². The number of benzene rings is 1. The molecule has 1 N–H and O–H groups in total. The number of rotatable bonds is 16. The van der Waals surface area contributed by atoms with E-state index in [4.69, 9.17) is 9.47 Å². The summed E-state index contributed by atoms with van der Waals surface area (Å²) < 4.78 is 10.6. The van der Waals surface area contributed by atoms with Crippen molar-refractivity contribution in [2.75, 3.05) is 85.6 Å². The average molecular weight is 744 g/mol. The molecule has 0 spiro atoms. The molecule has 1 amide bonds.